The van der Waals surface area contributed by atoms with Crippen LogP contribution in [-0.2, 0) is 20.9 Å². The number of hydrogen-bond donors (Lipinski definition) is 3. The predicted molar refractivity (Wildman–Crippen MR) is 133 cm³/mol. The maximum Gasteiger partial charge on any atom is 0.256 e. The van der Waals surface area contributed by atoms with E-state index in [1.165, 1.54) is 18.2 Å². The van der Waals surface area contributed by atoms with Crippen molar-refractivity contribution in [3.63, 3.8) is 0 Å². The van der Waals surface area contributed by atoms with E-state index in [9.17, 15) is 18.8 Å². The number of carbonyl (C=O) groups is 3. The van der Waals surface area contributed by atoms with Gasteiger partial charge < -0.3 is 20.9 Å². The molecule has 0 saturated carbocycles. The van der Waals surface area contributed by atoms with Gasteiger partial charge in [-0.05, 0) is 74.7 Å². The minimum absolute atomic E-state index is 0.103. The summed E-state index contributed by atoms with van der Waals surface area (Å²) >= 11 is 0. The highest BCUT2D eigenvalue weighted by Crippen LogP contribution is 2.38. The smallest absolute Gasteiger partial charge is 0.256 e. The van der Waals surface area contributed by atoms with Crippen LogP contribution in [0.25, 0.3) is 5.57 Å². The van der Waals surface area contributed by atoms with Crippen LogP contribution in [0.1, 0.15) is 38.3 Å². The molecule has 1 aromatic carbocycles. The summed E-state index contributed by atoms with van der Waals surface area (Å²) in [7, 11) is 0. The van der Waals surface area contributed by atoms with Crippen LogP contribution >= 0.6 is 0 Å². The minimum atomic E-state index is -0.654. The zero-order valence-electron chi connectivity index (χ0n) is 20.4. The van der Waals surface area contributed by atoms with Gasteiger partial charge in [0.2, 0.25) is 11.8 Å². The van der Waals surface area contributed by atoms with Crippen molar-refractivity contribution in [2.24, 2.45) is 5.92 Å². The second kappa shape index (κ2) is 8.89. The number of hydrogen-bond acceptors (Lipinski definition) is 5. The first-order valence-corrected chi connectivity index (χ1v) is 11.9. The molecule has 1 saturated heterocycles. The van der Waals surface area contributed by atoms with E-state index in [1.54, 1.807) is 23.4 Å². The Hall–Kier alpha value is -4.01. The lowest BCUT2D eigenvalue weighted by atomic mass is 9.84. The molecule has 2 unspecified atom stereocenters. The van der Waals surface area contributed by atoms with E-state index in [1.807, 2.05) is 32.9 Å². The number of aromatic nitrogens is 1. The monoisotopic (exact) mass is 489 g/mol. The number of amides is 3. The highest BCUT2D eigenvalue weighted by atomic mass is 19.1. The van der Waals surface area contributed by atoms with Gasteiger partial charge >= 0.3 is 0 Å². The zero-order valence-corrected chi connectivity index (χ0v) is 20.4. The molecule has 3 aliphatic heterocycles. The van der Waals surface area contributed by atoms with E-state index in [2.05, 4.69) is 20.9 Å². The van der Waals surface area contributed by atoms with E-state index in [0.29, 0.717) is 42.0 Å². The summed E-state index contributed by atoms with van der Waals surface area (Å²) in [6, 6.07) is 7.31. The third kappa shape index (κ3) is 4.25. The summed E-state index contributed by atoms with van der Waals surface area (Å²) in [6.45, 7) is 6.69. The van der Waals surface area contributed by atoms with Gasteiger partial charge in [-0.15, -0.1) is 0 Å². The van der Waals surface area contributed by atoms with Crippen molar-refractivity contribution in [3.8, 4) is 0 Å². The average molecular weight is 490 g/mol. The van der Waals surface area contributed by atoms with Crippen LogP contribution in [0, 0.1) is 11.7 Å². The summed E-state index contributed by atoms with van der Waals surface area (Å²) in [6.07, 6.45) is 5.59. The van der Waals surface area contributed by atoms with Crippen LogP contribution < -0.4 is 16.0 Å². The fourth-order valence-electron chi connectivity index (χ4n) is 5.33. The molecule has 4 heterocycles. The number of pyridine rings is 1. The number of halogens is 1. The lowest BCUT2D eigenvalue weighted by Gasteiger charge is -2.29. The second-order valence-corrected chi connectivity index (χ2v) is 10.0. The molecule has 36 heavy (non-hydrogen) atoms. The maximum absolute atomic E-state index is 13.8. The largest absolute Gasteiger partial charge is 0.379 e. The summed E-state index contributed by atoms with van der Waals surface area (Å²) < 4.78 is 13.8. The highest BCUT2D eigenvalue weighted by Gasteiger charge is 2.45. The first-order chi connectivity index (χ1) is 17.1. The number of carbonyl (C=O) groups excluding carboxylic acids is 3. The number of fused-ring (bicyclic) bond motifs is 1. The Morgan fingerprint density at radius 3 is 2.75 bits per heavy atom. The molecule has 9 heteroatoms. The number of anilines is 1. The Morgan fingerprint density at radius 2 is 2.00 bits per heavy atom. The molecule has 0 spiro atoms. The third-order valence-electron chi connectivity index (χ3n) is 7.09. The SMILES string of the molecule is CC1=C(C=C2C(=O)Nc3ccc(F)cc32)NC(C)(C)C1C(=O)NC1CCN(Cc2ccncc2)C1=O. The number of rotatable bonds is 5. The molecule has 0 bridgehead atoms. The highest BCUT2D eigenvalue weighted by molar-refractivity contribution is 6.31. The molecule has 1 aromatic heterocycles. The Balaban J connectivity index is 1.34. The second-order valence-electron chi connectivity index (χ2n) is 10.0. The van der Waals surface area contributed by atoms with Crippen molar-refractivity contribution >= 4 is 29.0 Å². The van der Waals surface area contributed by atoms with Crippen molar-refractivity contribution in [1.29, 1.82) is 0 Å². The standard InChI is InChI=1S/C27H28FN5O3/c1-15-22(13-19-18-12-17(28)4-5-20(18)30-24(19)34)32-27(2,3)23(15)25(35)31-21-8-11-33(26(21)36)14-16-6-9-29-10-7-16/h4-7,9-10,12-13,21,23,32H,8,11,14H2,1-3H3,(H,30,34)(H,31,35). The number of allylic oxidation sites excluding steroid dienone is 1. The predicted octanol–water partition coefficient (Wildman–Crippen LogP) is 2.75. The summed E-state index contributed by atoms with van der Waals surface area (Å²) in [5, 5.41) is 9.04. The Kier molecular flexibility index (Phi) is 5.86. The van der Waals surface area contributed by atoms with Crippen molar-refractivity contribution in [3.05, 3.63) is 77.0 Å². The molecule has 186 valence electrons. The van der Waals surface area contributed by atoms with E-state index in [4.69, 9.17) is 0 Å². The Morgan fingerprint density at radius 1 is 1.25 bits per heavy atom. The topological polar surface area (TPSA) is 103 Å². The van der Waals surface area contributed by atoms with Gasteiger partial charge in [-0.25, -0.2) is 4.39 Å². The molecule has 0 aliphatic carbocycles. The fraction of sp³-hybridized carbons (Fsp3) is 0.333. The molecule has 2 atom stereocenters. The van der Waals surface area contributed by atoms with Gasteiger partial charge in [-0.2, -0.15) is 0 Å². The Labute approximate surface area is 208 Å². The van der Waals surface area contributed by atoms with Crippen LogP contribution in [0.5, 0.6) is 0 Å². The van der Waals surface area contributed by atoms with Gasteiger partial charge in [0.1, 0.15) is 11.9 Å². The van der Waals surface area contributed by atoms with E-state index < -0.39 is 23.3 Å². The molecular weight excluding hydrogens is 461 g/mol. The molecule has 3 amide bonds. The van der Waals surface area contributed by atoms with E-state index in [0.717, 1.165) is 11.1 Å². The van der Waals surface area contributed by atoms with Gasteiger partial charge in [0, 0.05) is 48.0 Å². The number of nitrogens with zero attached hydrogens (tertiary/aromatic N) is 2. The van der Waals surface area contributed by atoms with E-state index >= 15 is 0 Å². The lowest BCUT2D eigenvalue weighted by molar-refractivity contribution is -0.134. The summed E-state index contributed by atoms with van der Waals surface area (Å²) in [4.78, 5) is 44.7. The van der Waals surface area contributed by atoms with E-state index in [-0.39, 0.29) is 17.7 Å². The number of benzene rings is 1. The van der Waals surface area contributed by atoms with Crippen LogP contribution in [0.3, 0.4) is 0 Å². The average Bonchev–Trinajstić information content (AvgIpc) is 3.40. The minimum Gasteiger partial charge on any atom is -0.379 e. The molecule has 1 fully saturated rings. The van der Waals surface area contributed by atoms with Crippen LogP contribution in [0.2, 0.25) is 0 Å². The normalized spacial score (nSPS) is 23.7. The van der Waals surface area contributed by atoms with Crippen LogP contribution in [0.15, 0.2) is 60.1 Å². The van der Waals surface area contributed by atoms with Crippen LogP contribution in [-0.4, -0.2) is 45.7 Å². The maximum atomic E-state index is 13.8. The van der Waals surface area contributed by atoms with Crippen molar-refractivity contribution in [2.45, 2.75) is 45.3 Å². The molecule has 0 radical (unpaired) electrons. The van der Waals surface area contributed by atoms with Gasteiger partial charge in [0.05, 0.1) is 11.5 Å². The van der Waals surface area contributed by atoms with Gasteiger partial charge in [0.15, 0.2) is 0 Å². The molecule has 3 N–H and O–H groups in total. The van der Waals surface area contributed by atoms with Crippen molar-refractivity contribution in [1.82, 2.24) is 20.5 Å². The van der Waals surface area contributed by atoms with Crippen molar-refractivity contribution < 1.29 is 18.8 Å². The number of nitrogens with one attached hydrogen (secondary N) is 3. The zero-order chi connectivity index (χ0) is 25.6. The fourth-order valence-corrected chi connectivity index (χ4v) is 5.33. The molecule has 3 aliphatic rings. The quantitative estimate of drug-likeness (QED) is 0.561. The summed E-state index contributed by atoms with van der Waals surface area (Å²) in [5.74, 6) is -1.66. The van der Waals surface area contributed by atoms with Gasteiger partial charge in [-0.3, -0.25) is 19.4 Å². The van der Waals surface area contributed by atoms with Crippen molar-refractivity contribution in [2.75, 3.05) is 11.9 Å². The lowest BCUT2D eigenvalue weighted by Crippen LogP contribution is -2.51. The first kappa shape index (κ1) is 23.7. The van der Waals surface area contributed by atoms with Crippen LogP contribution in [0.4, 0.5) is 10.1 Å². The molecule has 2 aromatic rings. The molecule has 5 rings (SSSR count). The first-order valence-electron chi connectivity index (χ1n) is 11.9. The molecular formula is C27H28FN5O3. The Bertz CT molecular complexity index is 1320. The molecule has 8 nitrogen and oxygen atoms in total. The number of likely N-dealkylation sites (tertiary alicyclic amines) is 1. The van der Waals surface area contributed by atoms with Gasteiger partial charge in [0.25, 0.3) is 5.91 Å². The third-order valence-corrected chi connectivity index (χ3v) is 7.09. The summed E-state index contributed by atoms with van der Waals surface area (Å²) in [5.41, 5.74) is 3.09. The van der Waals surface area contributed by atoms with Gasteiger partial charge in [-0.1, -0.05) is 0 Å².